The summed E-state index contributed by atoms with van der Waals surface area (Å²) in [6.45, 7) is 0. The summed E-state index contributed by atoms with van der Waals surface area (Å²) in [4.78, 5) is 0. The molecule has 0 heterocycles. The molecule has 0 saturated heterocycles. The first-order valence-electron chi connectivity index (χ1n) is 0. The first kappa shape index (κ1) is 25.5. The first-order chi connectivity index (χ1) is 0. The van der Waals surface area contributed by atoms with E-state index in [4.69, 9.17) is 0 Å². The average molecular weight is 558 g/mol. The molecule has 0 nitrogen and oxygen atoms in total. The van der Waals surface area contributed by atoms with Gasteiger partial charge in [-0.1, -0.05) is 0 Å². The maximum absolute atomic E-state index is 0. The Morgan fingerprint density at radius 3 is 1.00 bits per heavy atom. The zero-order valence-electron chi connectivity index (χ0n) is 2.45. The largest absolute Gasteiger partial charge is 0 e. The van der Waals surface area contributed by atoms with Crippen molar-refractivity contribution in [3.05, 3.63) is 0 Å². The molecule has 0 spiro atoms. The van der Waals surface area contributed by atoms with Crippen molar-refractivity contribution >= 4 is 107 Å². The molecule has 12 radical (unpaired) electrons. The van der Waals surface area contributed by atoms with Gasteiger partial charge < -0.3 is 0 Å². The topological polar surface area (TPSA) is 0 Å². The average Bonchev–Trinajstić information content (AvgIpc) is 0. The molecule has 0 bridgehead atoms. The van der Waals surface area contributed by atoms with Crippen LogP contribution in [0.2, 0.25) is 0 Å². The maximum atomic E-state index is 0. The Bertz CT molecular complexity index is 8.00. The molecule has 14 valence electrons. The predicted octanol–water partition coefficient (Wildman–Crippen LogP) is -1.52. The molecule has 0 atom stereocenters. The van der Waals surface area contributed by atoms with E-state index in [1.165, 1.54) is 0 Å². The monoisotopic (exact) mass is 560 g/mol. The summed E-state index contributed by atoms with van der Waals surface area (Å²) < 4.78 is 0. The van der Waals surface area contributed by atoms with E-state index in [-0.39, 0.29) is 107 Å². The van der Waals surface area contributed by atoms with E-state index in [1.54, 1.807) is 0 Å². The Morgan fingerprint density at radius 1 is 1.00 bits per heavy atom. The fraction of sp³-hybridized carbons (Fsp3) is 0. The molecule has 0 amide bonds. The van der Waals surface area contributed by atoms with Gasteiger partial charge in [-0.25, -0.2) is 0 Å². The van der Waals surface area contributed by atoms with Crippen LogP contribution in [0.1, 0.15) is 0 Å². The minimum Gasteiger partial charge on any atom is 0 e. The summed E-state index contributed by atoms with van der Waals surface area (Å²) in [7, 11) is 0. The van der Waals surface area contributed by atoms with Crippen LogP contribution in [-0.4, -0.2) is 107 Å². The van der Waals surface area contributed by atoms with Gasteiger partial charge in [-0.15, -0.1) is 0 Å². The Morgan fingerprint density at radius 2 is 1.00 bits per heavy atom. The van der Waals surface area contributed by atoms with Gasteiger partial charge in [0, 0.05) is 107 Å². The van der Waals surface area contributed by atoms with Crippen LogP contribution in [0.5, 0.6) is 0 Å². The van der Waals surface area contributed by atoms with Crippen LogP contribution in [0.4, 0.5) is 0 Å². The van der Waals surface area contributed by atoms with Gasteiger partial charge in [-0.05, 0) is 0 Å². The van der Waals surface area contributed by atoms with E-state index in [9.17, 15) is 0 Å². The van der Waals surface area contributed by atoms with Gasteiger partial charge in [0.15, 0.2) is 0 Å². The second-order valence-electron chi connectivity index (χ2n) is 0. The van der Waals surface area contributed by atoms with Crippen LogP contribution < -0.4 is 0 Å². The summed E-state index contributed by atoms with van der Waals surface area (Å²) in [6, 6.07) is 0. The van der Waals surface area contributed by atoms with Gasteiger partial charge in [0.05, 0.1) is 0 Å². The maximum Gasteiger partial charge on any atom is 0 e. The van der Waals surface area contributed by atoms with Crippen molar-refractivity contribution in [3.8, 4) is 0 Å². The van der Waals surface area contributed by atoms with Crippen LogP contribution in [0.25, 0.3) is 0 Å². The van der Waals surface area contributed by atoms with Crippen molar-refractivity contribution in [2.45, 2.75) is 0 Å². The SMILES string of the molecule is [Bi].[Na].[Pb].[Sn]. The van der Waals surface area contributed by atoms with Gasteiger partial charge in [0.25, 0.3) is 0 Å². The number of rotatable bonds is 0. The van der Waals surface area contributed by atoms with Gasteiger partial charge in [0.1, 0.15) is 0 Å². The molecule has 0 fully saturated rings. The molecule has 0 saturated carbocycles. The summed E-state index contributed by atoms with van der Waals surface area (Å²) >= 11 is 0. The zero-order chi connectivity index (χ0) is 0. The van der Waals surface area contributed by atoms with Crippen LogP contribution >= 0.6 is 0 Å². The van der Waals surface area contributed by atoms with Crippen molar-refractivity contribution in [2.24, 2.45) is 0 Å². The van der Waals surface area contributed by atoms with Crippen LogP contribution in [0.3, 0.4) is 0 Å². The van der Waals surface area contributed by atoms with Gasteiger partial charge in [-0.2, -0.15) is 0 Å². The van der Waals surface area contributed by atoms with Crippen molar-refractivity contribution < 1.29 is 0 Å². The van der Waals surface area contributed by atoms with Gasteiger partial charge in [-0.3, -0.25) is 0 Å². The third-order valence-electron chi connectivity index (χ3n) is 0. The predicted molar refractivity (Wildman–Crippen MR) is 23.0 cm³/mol. The molecular weight excluding hydrogens is 558 g/mol. The molecule has 4 heavy (non-hydrogen) atoms. The van der Waals surface area contributed by atoms with Crippen molar-refractivity contribution in [1.82, 2.24) is 0 Å². The third-order valence-corrected chi connectivity index (χ3v) is 0. The van der Waals surface area contributed by atoms with Gasteiger partial charge in [0.2, 0.25) is 0 Å². The van der Waals surface area contributed by atoms with Crippen LogP contribution in [0, 0.1) is 0 Å². The molecule has 0 rings (SSSR count). The molecule has 0 aromatic carbocycles. The van der Waals surface area contributed by atoms with Gasteiger partial charge >= 0.3 is 0 Å². The minimum atomic E-state index is 0. The second-order valence-corrected chi connectivity index (χ2v) is 0. The van der Waals surface area contributed by atoms with E-state index < -0.39 is 0 Å². The Kier molecular flexibility index (Phi) is 102. The molecule has 0 aromatic heterocycles. The fourth-order valence-electron chi connectivity index (χ4n) is 0. The molecule has 0 unspecified atom stereocenters. The van der Waals surface area contributed by atoms with Crippen LogP contribution in [-0.2, 0) is 0 Å². The molecular formula is BiNaPbSn. The minimum absolute atomic E-state index is 0. The Balaban J connectivity index is 0. The number of hydrogen-bond acceptors (Lipinski definition) is 0. The van der Waals surface area contributed by atoms with E-state index in [2.05, 4.69) is 0 Å². The van der Waals surface area contributed by atoms with E-state index in [0.29, 0.717) is 0 Å². The van der Waals surface area contributed by atoms with E-state index in [0.717, 1.165) is 0 Å². The van der Waals surface area contributed by atoms with E-state index >= 15 is 0 Å². The summed E-state index contributed by atoms with van der Waals surface area (Å²) in [6.07, 6.45) is 0. The Labute approximate surface area is 104 Å². The first-order valence-corrected chi connectivity index (χ1v) is 0. The zero-order valence-corrected chi connectivity index (χ0v) is 14.7. The van der Waals surface area contributed by atoms with E-state index in [1.807, 2.05) is 0 Å². The molecule has 4 heteroatoms. The van der Waals surface area contributed by atoms with Crippen LogP contribution in [0.15, 0.2) is 0 Å². The van der Waals surface area contributed by atoms with Crippen molar-refractivity contribution in [1.29, 1.82) is 0 Å². The normalized spacial score (nSPS) is 0. The quantitative estimate of drug-likeness (QED) is 0.318. The molecule has 0 N–H and O–H groups in total. The molecule has 0 aliphatic heterocycles. The summed E-state index contributed by atoms with van der Waals surface area (Å²) in [5.74, 6) is 0. The molecule has 0 aromatic rings. The van der Waals surface area contributed by atoms with Crippen molar-refractivity contribution in [2.75, 3.05) is 0 Å². The summed E-state index contributed by atoms with van der Waals surface area (Å²) in [5.41, 5.74) is 0. The molecule has 0 aliphatic carbocycles. The Hall–Kier alpha value is 3.60. The summed E-state index contributed by atoms with van der Waals surface area (Å²) in [5, 5.41) is 0. The fourth-order valence-corrected chi connectivity index (χ4v) is 0. The smallest absolute Gasteiger partial charge is 0 e. The molecule has 0 aliphatic rings. The standard InChI is InChI=1S/Bi.Na.Pb.Sn. The second kappa shape index (κ2) is 16.0. The third kappa shape index (κ3) is 9.15. The van der Waals surface area contributed by atoms with Crippen molar-refractivity contribution in [3.63, 3.8) is 0 Å². The number of hydrogen-bond donors (Lipinski definition) is 0.